The van der Waals surface area contributed by atoms with E-state index in [1.807, 2.05) is 0 Å². The van der Waals surface area contributed by atoms with E-state index >= 15 is 0 Å². The highest BCUT2D eigenvalue weighted by atomic mass is 14.9. The fourth-order valence-electron chi connectivity index (χ4n) is 2.27. The lowest BCUT2D eigenvalue weighted by atomic mass is 9.89. The van der Waals surface area contributed by atoms with Crippen molar-refractivity contribution in [3.05, 3.63) is 0 Å². The highest BCUT2D eigenvalue weighted by Gasteiger charge is 2.13. The van der Waals surface area contributed by atoms with Crippen LogP contribution in [0.5, 0.6) is 0 Å². The van der Waals surface area contributed by atoms with Crippen molar-refractivity contribution in [1.29, 1.82) is 0 Å². The van der Waals surface area contributed by atoms with E-state index < -0.39 is 0 Å². The average Bonchev–Trinajstić information content (AvgIpc) is 2.23. The van der Waals surface area contributed by atoms with Crippen LogP contribution < -0.4 is 5.32 Å². The second-order valence-electron chi connectivity index (χ2n) is 5.13. The van der Waals surface area contributed by atoms with Crippen LogP contribution in [0.2, 0.25) is 0 Å². The molecule has 1 heteroatoms. The van der Waals surface area contributed by atoms with E-state index in [4.69, 9.17) is 0 Å². The van der Waals surface area contributed by atoms with Crippen LogP contribution >= 0.6 is 0 Å². The van der Waals surface area contributed by atoms with Crippen molar-refractivity contribution in [2.75, 3.05) is 7.05 Å². The number of rotatable bonds is 9. The molecule has 0 fully saturated rings. The summed E-state index contributed by atoms with van der Waals surface area (Å²) in [5.74, 6) is 1.72. The van der Waals surface area contributed by atoms with Crippen molar-refractivity contribution in [1.82, 2.24) is 5.32 Å². The third-order valence-electron chi connectivity index (χ3n) is 3.60. The first-order valence-corrected chi connectivity index (χ1v) is 6.82. The Morgan fingerprint density at radius 3 is 2.07 bits per heavy atom. The van der Waals surface area contributed by atoms with Crippen molar-refractivity contribution < 1.29 is 0 Å². The molecule has 0 aliphatic heterocycles. The Balaban J connectivity index is 3.76. The van der Waals surface area contributed by atoms with Crippen LogP contribution in [0.3, 0.4) is 0 Å². The molecule has 0 aliphatic rings. The average molecular weight is 213 g/mol. The SMILES string of the molecule is CCCCC(CC)CCC(NC)C(C)C. The smallest absolute Gasteiger partial charge is 0.00871 e. The molecule has 2 atom stereocenters. The molecule has 0 saturated carbocycles. The van der Waals surface area contributed by atoms with Crippen LogP contribution in [0.25, 0.3) is 0 Å². The lowest BCUT2D eigenvalue weighted by Gasteiger charge is -2.23. The summed E-state index contributed by atoms with van der Waals surface area (Å²) >= 11 is 0. The first kappa shape index (κ1) is 15.0. The maximum Gasteiger partial charge on any atom is 0.00871 e. The summed E-state index contributed by atoms with van der Waals surface area (Å²) in [5.41, 5.74) is 0. The molecular weight excluding hydrogens is 182 g/mol. The van der Waals surface area contributed by atoms with Crippen molar-refractivity contribution in [3.63, 3.8) is 0 Å². The van der Waals surface area contributed by atoms with Gasteiger partial charge in [-0.05, 0) is 31.7 Å². The zero-order chi connectivity index (χ0) is 11.7. The Kier molecular flexibility index (Phi) is 9.18. The van der Waals surface area contributed by atoms with Crippen LogP contribution in [0, 0.1) is 11.8 Å². The van der Waals surface area contributed by atoms with Gasteiger partial charge in [-0.25, -0.2) is 0 Å². The van der Waals surface area contributed by atoms with E-state index in [-0.39, 0.29) is 0 Å². The molecule has 92 valence electrons. The normalized spacial score (nSPS) is 15.6. The number of unbranched alkanes of at least 4 members (excludes halogenated alkanes) is 1. The van der Waals surface area contributed by atoms with Gasteiger partial charge in [-0.2, -0.15) is 0 Å². The summed E-state index contributed by atoms with van der Waals surface area (Å²) in [6.45, 7) is 9.25. The minimum Gasteiger partial charge on any atom is -0.317 e. The van der Waals surface area contributed by atoms with Gasteiger partial charge in [-0.1, -0.05) is 53.4 Å². The zero-order valence-corrected chi connectivity index (χ0v) is 11.5. The molecule has 15 heavy (non-hydrogen) atoms. The van der Waals surface area contributed by atoms with E-state index in [1.165, 1.54) is 38.5 Å². The molecule has 0 saturated heterocycles. The van der Waals surface area contributed by atoms with Gasteiger partial charge in [-0.15, -0.1) is 0 Å². The Morgan fingerprint density at radius 2 is 1.67 bits per heavy atom. The molecule has 0 radical (unpaired) electrons. The van der Waals surface area contributed by atoms with Gasteiger partial charge in [0.05, 0.1) is 0 Å². The summed E-state index contributed by atoms with van der Waals surface area (Å²) in [4.78, 5) is 0. The van der Waals surface area contributed by atoms with Crippen molar-refractivity contribution in [2.24, 2.45) is 11.8 Å². The topological polar surface area (TPSA) is 12.0 Å². The number of hydrogen-bond donors (Lipinski definition) is 1. The van der Waals surface area contributed by atoms with Gasteiger partial charge in [0.25, 0.3) is 0 Å². The van der Waals surface area contributed by atoms with Crippen molar-refractivity contribution in [3.8, 4) is 0 Å². The van der Waals surface area contributed by atoms with Gasteiger partial charge in [0, 0.05) is 6.04 Å². The first-order chi connectivity index (χ1) is 7.15. The molecule has 0 aromatic heterocycles. The van der Waals surface area contributed by atoms with Crippen LogP contribution in [0.1, 0.15) is 66.2 Å². The third kappa shape index (κ3) is 6.94. The Morgan fingerprint density at radius 1 is 1.00 bits per heavy atom. The molecule has 2 unspecified atom stereocenters. The molecule has 0 aromatic rings. The first-order valence-electron chi connectivity index (χ1n) is 6.82. The minimum absolute atomic E-state index is 0.709. The van der Waals surface area contributed by atoms with Gasteiger partial charge >= 0.3 is 0 Å². The fraction of sp³-hybridized carbons (Fsp3) is 1.00. The van der Waals surface area contributed by atoms with Crippen LogP contribution in [0.15, 0.2) is 0 Å². The highest BCUT2D eigenvalue weighted by molar-refractivity contribution is 4.70. The predicted molar refractivity (Wildman–Crippen MR) is 70.2 cm³/mol. The van der Waals surface area contributed by atoms with Crippen LogP contribution in [0.4, 0.5) is 0 Å². The second kappa shape index (κ2) is 9.21. The van der Waals surface area contributed by atoms with Crippen molar-refractivity contribution >= 4 is 0 Å². The third-order valence-corrected chi connectivity index (χ3v) is 3.60. The molecule has 1 nitrogen and oxygen atoms in total. The number of nitrogens with one attached hydrogen (secondary N) is 1. The van der Waals surface area contributed by atoms with E-state index in [1.54, 1.807) is 0 Å². The lowest BCUT2D eigenvalue weighted by molar-refractivity contribution is 0.335. The summed E-state index contributed by atoms with van der Waals surface area (Å²) in [6, 6.07) is 0.709. The maximum absolute atomic E-state index is 3.44. The molecular formula is C14H31N. The Bertz CT molecular complexity index is 131. The van der Waals surface area contributed by atoms with Gasteiger partial charge in [-0.3, -0.25) is 0 Å². The molecule has 0 heterocycles. The number of hydrogen-bond acceptors (Lipinski definition) is 1. The molecule has 0 aromatic carbocycles. The summed E-state index contributed by atoms with van der Waals surface area (Å²) in [6.07, 6.45) is 8.28. The van der Waals surface area contributed by atoms with Gasteiger partial charge < -0.3 is 5.32 Å². The molecule has 0 spiro atoms. The van der Waals surface area contributed by atoms with Crippen LogP contribution in [-0.4, -0.2) is 13.1 Å². The summed E-state index contributed by atoms with van der Waals surface area (Å²) in [5, 5.41) is 3.44. The molecule has 0 aliphatic carbocycles. The van der Waals surface area contributed by atoms with Gasteiger partial charge in [0.1, 0.15) is 0 Å². The molecule has 1 N–H and O–H groups in total. The minimum atomic E-state index is 0.709. The van der Waals surface area contributed by atoms with E-state index in [9.17, 15) is 0 Å². The Labute approximate surface area is 97.0 Å². The predicted octanol–water partition coefficient (Wildman–Crippen LogP) is 4.23. The molecule has 0 bridgehead atoms. The van der Waals surface area contributed by atoms with Crippen molar-refractivity contribution in [2.45, 2.75) is 72.3 Å². The van der Waals surface area contributed by atoms with Gasteiger partial charge in [0.15, 0.2) is 0 Å². The molecule has 0 amide bonds. The fourth-order valence-corrected chi connectivity index (χ4v) is 2.27. The highest BCUT2D eigenvalue weighted by Crippen LogP contribution is 2.21. The van der Waals surface area contributed by atoms with Crippen LogP contribution in [-0.2, 0) is 0 Å². The monoisotopic (exact) mass is 213 g/mol. The summed E-state index contributed by atoms with van der Waals surface area (Å²) < 4.78 is 0. The lowest BCUT2D eigenvalue weighted by Crippen LogP contribution is -2.31. The summed E-state index contributed by atoms with van der Waals surface area (Å²) in [7, 11) is 2.09. The standard InChI is InChI=1S/C14H31N/c1-6-8-9-13(7-2)10-11-14(15-5)12(3)4/h12-15H,6-11H2,1-5H3. The molecule has 0 rings (SSSR count). The zero-order valence-electron chi connectivity index (χ0n) is 11.5. The maximum atomic E-state index is 3.44. The Hall–Kier alpha value is -0.0400. The largest absolute Gasteiger partial charge is 0.317 e. The quantitative estimate of drug-likeness (QED) is 0.604. The van der Waals surface area contributed by atoms with Gasteiger partial charge in [0.2, 0.25) is 0 Å². The second-order valence-corrected chi connectivity index (χ2v) is 5.13. The van der Waals surface area contributed by atoms with E-state index in [2.05, 4.69) is 40.1 Å². The van der Waals surface area contributed by atoms with E-state index in [0.29, 0.717) is 6.04 Å². The van der Waals surface area contributed by atoms with E-state index in [0.717, 1.165) is 11.8 Å².